The molecule has 0 aromatic heterocycles. The topological polar surface area (TPSA) is 49.7 Å². The highest BCUT2D eigenvalue weighted by atomic mass is 32.2. The Morgan fingerprint density at radius 2 is 1.30 bits per heavy atom. The van der Waals surface area contributed by atoms with E-state index in [9.17, 15) is 10.2 Å². The summed E-state index contributed by atoms with van der Waals surface area (Å²) < 4.78 is 5.86. The van der Waals surface area contributed by atoms with Crippen molar-refractivity contribution in [2.24, 2.45) is 0 Å². The number of aliphatic hydroxyl groups is 2. The maximum absolute atomic E-state index is 9.65. The highest BCUT2D eigenvalue weighted by molar-refractivity contribution is 7.99. The Morgan fingerprint density at radius 3 is 1.70 bits per heavy atom. The van der Waals surface area contributed by atoms with Crippen molar-refractivity contribution in [1.82, 2.24) is 0 Å². The number of rotatable bonds is 2. The molecule has 2 N–H and O–H groups in total. The predicted octanol–water partition coefficient (Wildman–Crippen LogP) is 4.05. The van der Waals surface area contributed by atoms with Crippen molar-refractivity contribution in [2.45, 2.75) is 35.8 Å². The summed E-state index contributed by atoms with van der Waals surface area (Å²) in [5.41, 5.74) is 1.74. The molecule has 0 radical (unpaired) electrons. The van der Waals surface area contributed by atoms with Gasteiger partial charge in [0.05, 0.1) is 22.0 Å². The normalized spacial score (nSPS) is 15.8. The van der Waals surface area contributed by atoms with E-state index >= 15 is 0 Å². The third kappa shape index (κ3) is 2.42. The molecule has 3 rings (SSSR count). The molecule has 2 atom stereocenters. The first kappa shape index (κ1) is 13.5. The van der Waals surface area contributed by atoms with E-state index in [4.69, 9.17) is 4.74 Å². The molecule has 1 heterocycles. The minimum atomic E-state index is -0.494. The van der Waals surface area contributed by atoms with E-state index in [0.717, 1.165) is 32.4 Å². The minimum absolute atomic E-state index is 0.494. The van der Waals surface area contributed by atoms with Crippen molar-refractivity contribution < 1.29 is 14.9 Å². The van der Waals surface area contributed by atoms with Crippen LogP contribution < -0.4 is 4.74 Å². The van der Waals surface area contributed by atoms with Gasteiger partial charge < -0.3 is 14.9 Å². The molecule has 0 saturated heterocycles. The molecule has 20 heavy (non-hydrogen) atoms. The van der Waals surface area contributed by atoms with Crippen LogP contribution in [0.2, 0.25) is 0 Å². The van der Waals surface area contributed by atoms with Crippen LogP contribution in [0.5, 0.6) is 11.5 Å². The van der Waals surface area contributed by atoms with Crippen LogP contribution in [0, 0.1) is 0 Å². The van der Waals surface area contributed by atoms with Gasteiger partial charge in [0, 0.05) is 0 Å². The van der Waals surface area contributed by atoms with Crippen LogP contribution in [-0.4, -0.2) is 10.2 Å². The lowest BCUT2D eigenvalue weighted by Crippen LogP contribution is -1.99. The molecular formula is C16H16O3S. The zero-order valence-electron chi connectivity index (χ0n) is 11.3. The number of hydrogen-bond acceptors (Lipinski definition) is 4. The largest absolute Gasteiger partial charge is 0.455 e. The number of ether oxygens (including phenoxy) is 1. The third-order valence-corrected chi connectivity index (χ3v) is 4.42. The molecule has 0 aliphatic carbocycles. The molecule has 1 aliphatic rings. The Labute approximate surface area is 122 Å². The van der Waals surface area contributed by atoms with E-state index in [1.54, 1.807) is 25.6 Å². The molecule has 0 amide bonds. The third-order valence-electron chi connectivity index (χ3n) is 3.34. The standard InChI is InChI=1S/C16H16O3S/c1-9(17)11-3-5-13-15(7-11)20-16-8-12(10(2)18)4-6-14(16)19-13/h3-10,17-18H,1-2H3/t9-,10-/m1/s1. The van der Waals surface area contributed by atoms with Crippen molar-refractivity contribution in [3.63, 3.8) is 0 Å². The Morgan fingerprint density at radius 1 is 0.850 bits per heavy atom. The summed E-state index contributed by atoms with van der Waals surface area (Å²) >= 11 is 1.60. The van der Waals surface area contributed by atoms with Crippen molar-refractivity contribution in [2.75, 3.05) is 0 Å². The molecule has 0 bridgehead atoms. The smallest absolute Gasteiger partial charge is 0.141 e. The molecule has 0 saturated carbocycles. The lowest BCUT2D eigenvalue weighted by molar-refractivity contribution is 0.199. The van der Waals surface area contributed by atoms with E-state index in [0.29, 0.717) is 0 Å². The molecule has 4 heteroatoms. The summed E-state index contributed by atoms with van der Waals surface area (Å²) in [6, 6.07) is 11.4. The van der Waals surface area contributed by atoms with E-state index < -0.39 is 12.2 Å². The lowest BCUT2D eigenvalue weighted by Gasteiger charge is -2.21. The van der Waals surface area contributed by atoms with Gasteiger partial charge in [-0.2, -0.15) is 0 Å². The summed E-state index contributed by atoms with van der Waals surface area (Å²) in [6.45, 7) is 3.49. The summed E-state index contributed by atoms with van der Waals surface area (Å²) in [5, 5.41) is 19.3. The van der Waals surface area contributed by atoms with E-state index in [2.05, 4.69) is 0 Å². The number of aliphatic hydroxyl groups excluding tert-OH is 2. The first-order valence-electron chi connectivity index (χ1n) is 6.54. The van der Waals surface area contributed by atoms with Gasteiger partial charge in [-0.05, 0) is 49.2 Å². The van der Waals surface area contributed by atoms with Crippen molar-refractivity contribution >= 4 is 11.8 Å². The van der Waals surface area contributed by atoms with Gasteiger partial charge in [-0.1, -0.05) is 23.9 Å². The maximum Gasteiger partial charge on any atom is 0.141 e. The molecule has 0 fully saturated rings. The van der Waals surface area contributed by atoms with Gasteiger partial charge >= 0.3 is 0 Å². The second kappa shape index (κ2) is 5.13. The predicted molar refractivity (Wildman–Crippen MR) is 78.3 cm³/mol. The van der Waals surface area contributed by atoms with Crippen LogP contribution in [0.25, 0.3) is 0 Å². The zero-order valence-corrected chi connectivity index (χ0v) is 12.1. The number of benzene rings is 2. The molecule has 2 aromatic carbocycles. The molecule has 3 nitrogen and oxygen atoms in total. The number of fused-ring (bicyclic) bond motifs is 2. The van der Waals surface area contributed by atoms with Gasteiger partial charge in [0.1, 0.15) is 11.5 Å². The van der Waals surface area contributed by atoms with Crippen molar-refractivity contribution in [3.05, 3.63) is 47.5 Å². The van der Waals surface area contributed by atoms with Crippen LogP contribution in [0.4, 0.5) is 0 Å². The quantitative estimate of drug-likeness (QED) is 0.747. The van der Waals surface area contributed by atoms with Gasteiger partial charge in [0.15, 0.2) is 0 Å². The maximum atomic E-state index is 9.65. The Bertz CT molecular complexity index is 595. The average Bonchev–Trinajstić information content (AvgIpc) is 2.43. The minimum Gasteiger partial charge on any atom is -0.455 e. The van der Waals surface area contributed by atoms with Gasteiger partial charge in [0.25, 0.3) is 0 Å². The van der Waals surface area contributed by atoms with E-state index in [-0.39, 0.29) is 0 Å². The van der Waals surface area contributed by atoms with Crippen LogP contribution >= 0.6 is 11.8 Å². The number of hydrogen-bond donors (Lipinski definition) is 2. The van der Waals surface area contributed by atoms with Crippen molar-refractivity contribution in [3.8, 4) is 11.5 Å². The van der Waals surface area contributed by atoms with Gasteiger partial charge in [0.2, 0.25) is 0 Å². The lowest BCUT2D eigenvalue weighted by atomic mass is 10.1. The van der Waals surface area contributed by atoms with Crippen LogP contribution in [-0.2, 0) is 0 Å². The van der Waals surface area contributed by atoms with Crippen molar-refractivity contribution in [1.29, 1.82) is 0 Å². The van der Waals surface area contributed by atoms with Crippen LogP contribution in [0.3, 0.4) is 0 Å². The second-order valence-corrected chi connectivity index (χ2v) is 6.05. The first-order chi connectivity index (χ1) is 9.54. The Kier molecular flexibility index (Phi) is 3.46. The highest BCUT2D eigenvalue weighted by Gasteiger charge is 2.19. The van der Waals surface area contributed by atoms with Crippen LogP contribution in [0.1, 0.15) is 37.2 Å². The summed E-state index contributed by atoms with van der Waals surface area (Å²) in [7, 11) is 0. The molecule has 1 aliphatic heterocycles. The molecule has 104 valence electrons. The zero-order chi connectivity index (χ0) is 14.3. The Hall–Kier alpha value is -1.49. The molecular weight excluding hydrogens is 272 g/mol. The second-order valence-electron chi connectivity index (χ2n) is 4.97. The highest BCUT2D eigenvalue weighted by Crippen LogP contribution is 2.48. The molecule has 0 spiro atoms. The fourth-order valence-corrected chi connectivity index (χ4v) is 3.18. The van der Waals surface area contributed by atoms with Gasteiger partial charge in [-0.25, -0.2) is 0 Å². The SMILES string of the molecule is C[C@@H](O)c1ccc2c(c1)Sc1cc([C@@H](C)O)ccc1O2. The summed E-state index contributed by atoms with van der Waals surface area (Å²) in [5.74, 6) is 1.60. The molecule has 2 aromatic rings. The monoisotopic (exact) mass is 288 g/mol. The van der Waals surface area contributed by atoms with Gasteiger partial charge in [-0.15, -0.1) is 0 Å². The first-order valence-corrected chi connectivity index (χ1v) is 7.36. The summed E-state index contributed by atoms with van der Waals surface area (Å²) in [6.07, 6.45) is -0.989. The Balaban J connectivity index is 1.99. The van der Waals surface area contributed by atoms with Gasteiger partial charge in [-0.3, -0.25) is 0 Å². The fraction of sp³-hybridized carbons (Fsp3) is 0.250. The fourth-order valence-electron chi connectivity index (χ4n) is 2.13. The van der Waals surface area contributed by atoms with E-state index in [1.807, 2.05) is 36.4 Å². The van der Waals surface area contributed by atoms with E-state index in [1.165, 1.54) is 0 Å². The summed E-state index contributed by atoms with van der Waals surface area (Å²) in [4.78, 5) is 1.97. The average molecular weight is 288 g/mol. The van der Waals surface area contributed by atoms with Crippen LogP contribution in [0.15, 0.2) is 46.2 Å². The molecule has 0 unspecified atom stereocenters.